The van der Waals surface area contributed by atoms with Gasteiger partial charge in [0.2, 0.25) is 0 Å². The summed E-state index contributed by atoms with van der Waals surface area (Å²) in [6.07, 6.45) is -0.595. The van der Waals surface area contributed by atoms with E-state index in [1.807, 2.05) is 24.3 Å². The van der Waals surface area contributed by atoms with Crippen LogP contribution in [-0.4, -0.2) is 28.9 Å². The lowest BCUT2D eigenvalue weighted by atomic mass is 10.3. The molecule has 2 aromatic carbocycles. The maximum atomic E-state index is 12.5. The first kappa shape index (κ1) is 16.7. The minimum Gasteiger partial charge on any atom is -0.481 e. The first-order valence-corrected chi connectivity index (χ1v) is 8.74. The number of fused-ring (bicyclic) bond motifs is 1. The molecule has 0 aliphatic carbocycles. The van der Waals surface area contributed by atoms with Gasteiger partial charge in [-0.2, -0.15) is 0 Å². The summed E-state index contributed by atoms with van der Waals surface area (Å²) >= 11 is 7.53. The number of thiazole rings is 1. The summed E-state index contributed by atoms with van der Waals surface area (Å²) in [5.41, 5.74) is 0.960. The van der Waals surface area contributed by atoms with Gasteiger partial charge in [-0.05, 0) is 37.3 Å². The molecule has 1 unspecified atom stereocenters. The summed E-state index contributed by atoms with van der Waals surface area (Å²) < 4.78 is 6.80. The van der Waals surface area contributed by atoms with Gasteiger partial charge in [-0.1, -0.05) is 29.8 Å². The lowest BCUT2D eigenvalue weighted by Crippen LogP contribution is -2.37. The molecule has 0 bridgehead atoms. The van der Waals surface area contributed by atoms with Gasteiger partial charge in [-0.25, -0.2) is 4.98 Å². The van der Waals surface area contributed by atoms with Crippen LogP contribution < -0.4 is 4.74 Å². The van der Waals surface area contributed by atoms with Gasteiger partial charge in [0.25, 0.3) is 5.91 Å². The summed E-state index contributed by atoms with van der Waals surface area (Å²) in [6, 6.07) is 15.0. The number of nitrogens with zero attached hydrogens (tertiary/aromatic N) is 2. The fourth-order valence-corrected chi connectivity index (χ4v) is 3.57. The Hall–Kier alpha value is -2.11. The molecule has 1 aromatic heterocycles. The van der Waals surface area contributed by atoms with E-state index in [0.717, 1.165) is 15.2 Å². The summed E-state index contributed by atoms with van der Waals surface area (Å²) in [4.78, 5) is 18.7. The van der Waals surface area contributed by atoms with E-state index in [0.29, 0.717) is 17.3 Å². The van der Waals surface area contributed by atoms with Crippen LogP contribution in [0.3, 0.4) is 0 Å². The van der Waals surface area contributed by atoms with Crippen LogP contribution in [0.2, 0.25) is 5.02 Å². The van der Waals surface area contributed by atoms with E-state index in [2.05, 4.69) is 4.98 Å². The second-order valence-corrected chi connectivity index (χ2v) is 7.04. The zero-order chi connectivity index (χ0) is 17.1. The maximum absolute atomic E-state index is 12.5. The highest BCUT2D eigenvalue weighted by molar-refractivity contribution is 7.18. The monoisotopic (exact) mass is 360 g/mol. The van der Waals surface area contributed by atoms with E-state index < -0.39 is 6.10 Å². The molecule has 0 saturated carbocycles. The van der Waals surface area contributed by atoms with Crippen LogP contribution in [0.25, 0.3) is 10.2 Å². The second-order valence-electron chi connectivity index (χ2n) is 5.49. The smallest absolute Gasteiger partial charge is 0.263 e. The fraction of sp³-hybridized carbons (Fsp3) is 0.222. The molecule has 0 radical (unpaired) electrons. The Morgan fingerprint density at radius 3 is 2.83 bits per heavy atom. The predicted molar refractivity (Wildman–Crippen MR) is 97.6 cm³/mol. The molecule has 124 valence electrons. The molecule has 6 heteroatoms. The van der Waals surface area contributed by atoms with Crippen molar-refractivity contribution in [3.63, 3.8) is 0 Å². The summed E-state index contributed by atoms with van der Waals surface area (Å²) in [5.74, 6) is 0.478. The second kappa shape index (κ2) is 7.20. The van der Waals surface area contributed by atoms with Crippen LogP contribution in [0, 0.1) is 0 Å². The first-order valence-electron chi connectivity index (χ1n) is 7.54. The van der Waals surface area contributed by atoms with Crippen molar-refractivity contribution in [1.29, 1.82) is 0 Å². The fourth-order valence-electron chi connectivity index (χ4n) is 2.37. The summed E-state index contributed by atoms with van der Waals surface area (Å²) in [5, 5.41) is 1.48. The van der Waals surface area contributed by atoms with Crippen molar-refractivity contribution in [2.45, 2.75) is 19.6 Å². The van der Waals surface area contributed by atoms with Crippen LogP contribution in [0.1, 0.15) is 11.9 Å². The summed E-state index contributed by atoms with van der Waals surface area (Å²) in [6.45, 7) is 2.19. The molecule has 4 nitrogen and oxygen atoms in total. The third kappa shape index (κ3) is 3.86. The van der Waals surface area contributed by atoms with E-state index in [-0.39, 0.29) is 5.91 Å². The predicted octanol–water partition coefficient (Wildman–Crippen LogP) is 4.38. The lowest BCUT2D eigenvalue weighted by Gasteiger charge is -2.21. The van der Waals surface area contributed by atoms with Gasteiger partial charge in [-0.3, -0.25) is 4.79 Å². The van der Waals surface area contributed by atoms with Crippen molar-refractivity contribution in [2.75, 3.05) is 7.05 Å². The number of benzene rings is 2. The zero-order valence-corrected chi connectivity index (χ0v) is 15.0. The molecule has 0 saturated heterocycles. The van der Waals surface area contributed by atoms with Crippen LogP contribution in [0.4, 0.5) is 0 Å². The Balaban J connectivity index is 1.65. The number of amides is 1. The number of carbonyl (C=O) groups excluding carboxylic acids is 1. The number of hydrogen-bond acceptors (Lipinski definition) is 4. The number of halogens is 1. The third-order valence-electron chi connectivity index (χ3n) is 3.54. The molecule has 0 N–H and O–H groups in total. The van der Waals surface area contributed by atoms with Gasteiger partial charge in [0, 0.05) is 12.1 Å². The molecular weight excluding hydrogens is 344 g/mol. The van der Waals surface area contributed by atoms with Crippen LogP contribution >= 0.6 is 22.9 Å². The number of likely N-dealkylation sites (N-methyl/N-ethyl adjacent to an activating group) is 1. The standard InChI is InChI=1S/C18H17ClN2O2S/c1-12(23-14-7-5-6-13(19)10-14)18(22)21(2)11-17-20-15-8-3-4-9-16(15)24-17/h3-10,12H,11H2,1-2H3. The van der Waals surface area contributed by atoms with Gasteiger partial charge < -0.3 is 9.64 Å². The average molecular weight is 361 g/mol. The molecule has 3 rings (SSSR count). The molecule has 1 atom stereocenters. The van der Waals surface area contributed by atoms with Crippen molar-refractivity contribution >= 4 is 39.1 Å². The molecule has 1 heterocycles. The number of aromatic nitrogens is 1. The van der Waals surface area contributed by atoms with Crippen molar-refractivity contribution in [1.82, 2.24) is 9.88 Å². The Morgan fingerprint density at radius 2 is 2.08 bits per heavy atom. The van der Waals surface area contributed by atoms with Crippen molar-refractivity contribution in [2.24, 2.45) is 0 Å². The largest absolute Gasteiger partial charge is 0.481 e. The zero-order valence-electron chi connectivity index (χ0n) is 13.4. The molecule has 0 fully saturated rings. The van der Waals surface area contributed by atoms with Crippen molar-refractivity contribution < 1.29 is 9.53 Å². The number of hydrogen-bond donors (Lipinski definition) is 0. The Labute approximate surface area is 149 Å². The quantitative estimate of drug-likeness (QED) is 0.678. The van der Waals surface area contributed by atoms with E-state index in [1.165, 1.54) is 0 Å². The maximum Gasteiger partial charge on any atom is 0.263 e. The number of rotatable bonds is 5. The molecule has 1 amide bonds. The van der Waals surface area contributed by atoms with E-state index in [9.17, 15) is 4.79 Å². The minimum atomic E-state index is -0.595. The van der Waals surface area contributed by atoms with E-state index >= 15 is 0 Å². The molecule has 3 aromatic rings. The van der Waals surface area contributed by atoms with Crippen LogP contribution in [0.15, 0.2) is 48.5 Å². The Kier molecular flexibility index (Phi) is 5.02. The SMILES string of the molecule is CC(Oc1cccc(Cl)c1)C(=O)N(C)Cc1nc2ccccc2s1. The topological polar surface area (TPSA) is 42.4 Å². The molecule has 24 heavy (non-hydrogen) atoms. The Bertz CT molecular complexity index is 832. The lowest BCUT2D eigenvalue weighted by molar-refractivity contribution is -0.137. The molecule has 0 aliphatic heterocycles. The van der Waals surface area contributed by atoms with Crippen molar-refractivity contribution in [3.8, 4) is 5.75 Å². The third-order valence-corrected chi connectivity index (χ3v) is 4.80. The van der Waals surface area contributed by atoms with Gasteiger partial charge >= 0.3 is 0 Å². The highest BCUT2D eigenvalue weighted by atomic mass is 35.5. The van der Waals surface area contributed by atoms with Gasteiger partial charge in [0.1, 0.15) is 10.8 Å². The van der Waals surface area contributed by atoms with Gasteiger partial charge in [-0.15, -0.1) is 11.3 Å². The van der Waals surface area contributed by atoms with E-state index in [1.54, 1.807) is 54.5 Å². The molecular formula is C18H17ClN2O2S. The minimum absolute atomic E-state index is 0.103. The van der Waals surface area contributed by atoms with E-state index in [4.69, 9.17) is 16.3 Å². The number of para-hydroxylation sites is 1. The highest BCUT2D eigenvalue weighted by Crippen LogP contribution is 2.23. The van der Waals surface area contributed by atoms with Crippen molar-refractivity contribution in [3.05, 3.63) is 58.6 Å². The highest BCUT2D eigenvalue weighted by Gasteiger charge is 2.20. The van der Waals surface area contributed by atoms with Crippen LogP contribution in [0.5, 0.6) is 5.75 Å². The molecule has 0 spiro atoms. The average Bonchev–Trinajstić information content (AvgIpc) is 2.96. The number of ether oxygens (including phenoxy) is 1. The first-order chi connectivity index (χ1) is 11.5. The molecule has 0 aliphatic rings. The summed E-state index contributed by atoms with van der Waals surface area (Å²) in [7, 11) is 1.76. The Morgan fingerprint density at radius 1 is 1.29 bits per heavy atom. The van der Waals surface area contributed by atoms with Crippen LogP contribution in [-0.2, 0) is 11.3 Å². The normalized spacial score (nSPS) is 12.1. The number of carbonyl (C=O) groups is 1. The van der Waals surface area contributed by atoms with Gasteiger partial charge in [0.05, 0.1) is 16.8 Å². The van der Waals surface area contributed by atoms with Gasteiger partial charge in [0.15, 0.2) is 6.10 Å².